The van der Waals surface area contributed by atoms with E-state index in [1.165, 1.54) is 0 Å². The minimum absolute atomic E-state index is 0.0572. The van der Waals surface area contributed by atoms with Gasteiger partial charge in [0.2, 0.25) is 5.91 Å². The fourth-order valence-electron chi connectivity index (χ4n) is 3.68. The van der Waals surface area contributed by atoms with E-state index in [-0.39, 0.29) is 12.2 Å². The molecule has 0 aromatic heterocycles. The largest absolute Gasteiger partial charge is 0.322 e. The Hall–Kier alpha value is -0.610. The van der Waals surface area contributed by atoms with Crippen molar-refractivity contribution in [2.24, 2.45) is 5.92 Å². The molecule has 4 nitrogen and oxygen atoms in total. The van der Waals surface area contributed by atoms with Gasteiger partial charge in [0, 0.05) is 12.6 Å². The quantitative estimate of drug-likeness (QED) is 0.841. The lowest BCUT2D eigenvalue weighted by atomic mass is 9.92. The SMILES string of the molecule is CCCC1NC(CC)N(C2CCN(C)CC2C)C1=O. The van der Waals surface area contributed by atoms with Crippen LogP contribution in [0, 0.1) is 5.92 Å². The van der Waals surface area contributed by atoms with Crippen LogP contribution in [0.5, 0.6) is 0 Å². The highest BCUT2D eigenvalue weighted by atomic mass is 16.2. The lowest BCUT2D eigenvalue weighted by Crippen LogP contribution is -2.53. The number of piperidine rings is 1. The molecule has 19 heavy (non-hydrogen) atoms. The van der Waals surface area contributed by atoms with E-state index in [0.29, 0.717) is 17.9 Å². The summed E-state index contributed by atoms with van der Waals surface area (Å²) in [7, 11) is 2.17. The molecule has 2 aliphatic heterocycles. The molecular formula is C15H29N3O. The fraction of sp³-hybridized carbons (Fsp3) is 0.933. The van der Waals surface area contributed by atoms with Crippen LogP contribution < -0.4 is 5.32 Å². The van der Waals surface area contributed by atoms with Crippen molar-refractivity contribution >= 4 is 5.91 Å². The van der Waals surface area contributed by atoms with Crippen LogP contribution in [0.2, 0.25) is 0 Å². The number of nitrogens with one attached hydrogen (secondary N) is 1. The average molecular weight is 267 g/mol. The lowest BCUT2D eigenvalue weighted by Gasteiger charge is -2.42. The van der Waals surface area contributed by atoms with Crippen molar-refractivity contribution in [2.75, 3.05) is 20.1 Å². The van der Waals surface area contributed by atoms with Crippen molar-refractivity contribution in [3.05, 3.63) is 0 Å². The average Bonchev–Trinajstić information content (AvgIpc) is 2.67. The zero-order valence-corrected chi connectivity index (χ0v) is 12.9. The number of rotatable bonds is 4. The second-order valence-electron chi connectivity index (χ2n) is 6.27. The van der Waals surface area contributed by atoms with Crippen molar-refractivity contribution in [1.82, 2.24) is 15.1 Å². The molecule has 1 amide bonds. The molecule has 0 aliphatic carbocycles. The number of hydrogen-bond acceptors (Lipinski definition) is 3. The smallest absolute Gasteiger partial charge is 0.241 e. The first kappa shape index (κ1) is 14.8. The van der Waals surface area contributed by atoms with Gasteiger partial charge in [-0.15, -0.1) is 0 Å². The topological polar surface area (TPSA) is 35.6 Å². The van der Waals surface area contributed by atoms with E-state index in [2.05, 4.69) is 42.9 Å². The summed E-state index contributed by atoms with van der Waals surface area (Å²) in [6.07, 6.45) is 4.40. The number of carbonyl (C=O) groups excluding carboxylic acids is 1. The first-order valence-electron chi connectivity index (χ1n) is 7.85. The molecule has 2 saturated heterocycles. The van der Waals surface area contributed by atoms with Crippen LogP contribution in [0.4, 0.5) is 0 Å². The molecule has 0 aromatic carbocycles. The van der Waals surface area contributed by atoms with Gasteiger partial charge in [-0.2, -0.15) is 0 Å². The van der Waals surface area contributed by atoms with Crippen LogP contribution in [0.15, 0.2) is 0 Å². The maximum absolute atomic E-state index is 12.6. The Morgan fingerprint density at radius 3 is 2.68 bits per heavy atom. The van der Waals surface area contributed by atoms with Crippen molar-refractivity contribution in [2.45, 2.75) is 64.7 Å². The van der Waals surface area contributed by atoms with Gasteiger partial charge < -0.3 is 9.80 Å². The molecule has 4 heteroatoms. The normalized spacial score (nSPS) is 37.1. The van der Waals surface area contributed by atoms with Crippen LogP contribution in [0.1, 0.15) is 46.5 Å². The number of hydrogen-bond donors (Lipinski definition) is 1. The maximum atomic E-state index is 12.6. The monoisotopic (exact) mass is 267 g/mol. The fourth-order valence-corrected chi connectivity index (χ4v) is 3.68. The van der Waals surface area contributed by atoms with Crippen LogP contribution in [0.3, 0.4) is 0 Å². The maximum Gasteiger partial charge on any atom is 0.241 e. The number of nitrogens with zero attached hydrogens (tertiary/aromatic N) is 2. The van der Waals surface area contributed by atoms with Gasteiger partial charge in [-0.1, -0.05) is 27.2 Å². The Morgan fingerprint density at radius 1 is 1.37 bits per heavy atom. The molecule has 0 spiro atoms. The van der Waals surface area contributed by atoms with Crippen LogP contribution >= 0.6 is 0 Å². The molecule has 0 aromatic rings. The molecule has 4 unspecified atom stereocenters. The first-order valence-corrected chi connectivity index (χ1v) is 7.85. The van der Waals surface area contributed by atoms with Gasteiger partial charge in [0.25, 0.3) is 0 Å². The molecular weight excluding hydrogens is 238 g/mol. The summed E-state index contributed by atoms with van der Waals surface area (Å²) in [6.45, 7) is 8.81. The Bertz CT molecular complexity index is 321. The van der Waals surface area contributed by atoms with Gasteiger partial charge in [-0.25, -0.2) is 0 Å². The first-order chi connectivity index (χ1) is 9.08. The summed E-state index contributed by atoms with van der Waals surface area (Å²) in [5.74, 6) is 0.911. The van der Waals surface area contributed by atoms with Crippen LogP contribution in [0.25, 0.3) is 0 Å². The number of carbonyl (C=O) groups is 1. The van der Waals surface area contributed by atoms with Crippen LogP contribution in [-0.2, 0) is 4.79 Å². The van der Waals surface area contributed by atoms with E-state index < -0.39 is 0 Å². The minimum atomic E-state index is 0.0572. The molecule has 2 rings (SSSR count). The Balaban J connectivity index is 2.10. The number of likely N-dealkylation sites (tertiary alicyclic amines) is 1. The van der Waals surface area contributed by atoms with Crippen LogP contribution in [-0.4, -0.2) is 54.1 Å². The summed E-state index contributed by atoms with van der Waals surface area (Å²) >= 11 is 0. The molecule has 2 aliphatic rings. The summed E-state index contributed by atoms with van der Waals surface area (Å²) in [5.41, 5.74) is 0. The van der Waals surface area contributed by atoms with Gasteiger partial charge in [0.1, 0.15) is 0 Å². The van der Waals surface area contributed by atoms with E-state index in [1.807, 2.05) is 0 Å². The zero-order valence-electron chi connectivity index (χ0n) is 12.9. The molecule has 0 bridgehead atoms. The highest BCUT2D eigenvalue weighted by Crippen LogP contribution is 2.28. The third-order valence-electron chi connectivity index (χ3n) is 4.67. The van der Waals surface area contributed by atoms with Crippen molar-refractivity contribution in [3.63, 3.8) is 0 Å². The third-order valence-corrected chi connectivity index (χ3v) is 4.67. The summed E-state index contributed by atoms with van der Waals surface area (Å²) in [4.78, 5) is 17.2. The van der Waals surface area contributed by atoms with E-state index in [1.54, 1.807) is 0 Å². The summed E-state index contributed by atoms with van der Waals surface area (Å²) in [6, 6.07) is 0.477. The van der Waals surface area contributed by atoms with Crippen molar-refractivity contribution in [1.29, 1.82) is 0 Å². The Labute approximate surface area is 117 Å². The molecule has 4 atom stereocenters. The minimum Gasteiger partial charge on any atom is -0.322 e. The molecule has 110 valence electrons. The van der Waals surface area contributed by atoms with Gasteiger partial charge >= 0.3 is 0 Å². The van der Waals surface area contributed by atoms with Crippen molar-refractivity contribution < 1.29 is 4.79 Å². The van der Waals surface area contributed by atoms with Gasteiger partial charge in [0.05, 0.1) is 12.2 Å². The second kappa shape index (κ2) is 6.23. The van der Waals surface area contributed by atoms with Crippen molar-refractivity contribution in [3.8, 4) is 0 Å². The van der Waals surface area contributed by atoms with E-state index in [9.17, 15) is 4.79 Å². The molecule has 0 saturated carbocycles. The molecule has 1 N–H and O–H groups in total. The summed E-state index contributed by atoms with van der Waals surface area (Å²) < 4.78 is 0. The van der Waals surface area contributed by atoms with Gasteiger partial charge in [0.15, 0.2) is 0 Å². The predicted molar refractivity (Wildman–Crippen MR) is 77.8 cm³/mol. The lowest BCUT2D eigenvalue weighted by molar-refractivity contribution is -0.134. The van der Waals surface area contributed by atoms with E-state index in [0.717, 1.165) is 38.8 Å². The van der Waals surface area contributed by atoms with Gasteiger partial charge in [-0.05, 0) is 38.8 Å². The van der Waals surface area contributed by atoms with E-state index in [4.69, 9.17) is 0 Å². The zero-order chi connectivity index (χ0) is 14.0. The Kier molecular flexibility index (Phi) is 4.85. The van der Waals surface area contributed by atoms with E-state index >= 15 is 0 Å². The van der Waals surface area contributed by atoms with Gasteiger partial charge in [-0.3, -0.25) is 10.1 Å². The Morgan fingerprint density at radius 2 is 2.11 bits per heavy atom. The molecule has 2 fully saturated rings. The highest BCUT2D eigenvalue weighted by Gasteiger charge is 2.43. The molecule has 2 heterocycles. The predicted octanol–water partition coefficient (Wildman–Crippen LogP) is 1.66. The summed E-state index contributed by atoms with van der Waals surface area (Å²) in [5, 5.41) is 3.53. The number of amides is 1. The second-order valence-corrected chi connectivity index (χ2v) is 6.27. The third kappa shape index (κ3) is 2.95. The standard InChI is InChI=1S/C15H29N3O/c1-5-7-12-15(19)18(14(6-2)16-12)13-8-9-17(4)10-11(13)3/h11-14,16H,5-10H2,1-4H3. The molecule has 0 radical (unpaired) electrons. The highest BCUT2D eigenvalue weighted by molar-refractivity contribution is 5.84.